The summed E-state index contributed by atoms with van der Waals surface area (Å²) in [5.41, 5.74) is 0. The van der Waals surface area contributed by atoms with Gasteiger partial charge in [-0.3, -0.25) is 37.3 Å². The number of rotatable bonds is 69. The molecule has 0 aliphatic rings. The van der Waals surface area contributed by atoms with E-state index in [2.05, 4.69) is 55.4 Å². The summed E-state index contributed by atoms with van der Waals surface area (Å²) in [6.45, 7) is 14.1. The van der Waals surface area contributed by atoms with Crippen molar-refractivity contribution in [3.8, 4) is 0 Å². The van der Waals surface area contributed by atoms with Gasteiger partial charge in [0, 0.05) is 25.7 Å². The minimum Gasteiger partial charge on any atom is -0.462 e. The first kappa shape index (κ1) is 89.1. The normalized spacial score (nSPS) is 14.2. The molecule has 540 valence electrons. The van der Waals surface area contributed by atoms with Gasteiger partial charge in [0.25, 0.3) is 0 Å². The van der Waals surface area contributed by atoms with Crippen molar-refractivity contribution < 1.29 is 80.2 Å². The maximum absolute atomic E-state index is 13.0. The fraction of sp³-hybridized carbons (Fsp3) is 0.944. The third kappa shape index (κ3) is 66.5. The SMILES string of the molecule is CC(C)CCCCCCCCCCCCCCCCC(=O)O[C@H](COC(=O)CCCCCCCCC(C)C)COP(=O)(O)OC[C@H](O)COP(=O)(O)OC[C@@H](COC(=O)CCCCCCCCCCCCC(C)C)OC(=O)CCCCCCCCCCCC(C)C. The average molecular weight is 1340 g/mol. The molecule has 0 aromatic rings. The first-order valence-corrected chi connectivity index (χ1v) is 40.2. The summed E-state index contributed by atoms with van der Waals surface area (Å²) in [6, 6.07) is 0. The van der Waals surface area contributed by atoms with Gasteiger partial charge >= 0.3 is 39.5 Å². The van der Waals surface area contributed by atoms with Crippen molar-refractivity contribution in [2.75, 3.05) is 39.6 Å². The van der Waals surface area contributed by atoms with Crippen LogP contribution in [-0.4, -0.2) is 96.7 Å². The van der Waals surface area contributed by atoms with E-state index in [9.17, 15) is 43.2 Å². The summed E-state index contributed by atoms with van der Waals surface area (Å²) in [5, 5.41) is 10.6. The average Bonchev–Trinajstić information content (AvgIpc) is 2.91. The van der Waals surface area contributed by atoms with Crippen LogP contribution in [0.3, 0.4) is 0 Å². The van der Waals surface area contributed by atoms with Crippen LogP contribution in [0.25, 0.3) is 0 Å². The van der Waals surface area contributed by atoms with Crippen molar-refractivity contribution in [2.24, 2.45) is 23.7 Å². The standard InChI is InChI=1S/C72H140O17P2/c1-62(2)48-40-32-24-18-13-11-9-10-12-14-22-28-38-46-54-71(76)89-68(59-83-70(75)53-45-37-31-30-35-43-51-65(7)8)61-87-91(80,81)85-57-66(73)56-84-90(78,79)86-60-67(88-72(77)55-47-39-29-23-17-20-26-34-42-50-64(5)6)58-82-69(74)52-44-36-27-21-16-15-19-25-33-41-49-63(3)4/h62-68,73H,9-61H2,1-8H3,(H,78,79)(H,80,81)/t66-,67-,68-/m1/s1. The van der Waals surface area contributed by atoms with Gasteiger partial charge in [-0.25, -0.2) is 9.13 Å². The minimum atomic E-state index is -4.95. The first-order chi connectivity index (χ1) is 43.6. The zero-order chi connectivity index (χ0) is 67.5. The molecule has 0 heterocycles. The number of carbonyl (C=O) groups excluding carboxylic acids is 4. The molecule has 0 amide bonds. The monoisotopic (exact) mass is 1340 g/mol. The summed E-state index contributed by atoms with van der Waals surface area (Å²) in [6.07, 6.45) is 44.6. The van der Waals surface area contributed by atoms with Gasteiger partial charge in [0.1, 0.15) is 19.3 Å². The van der Waals surface area contributed by atoms with E-state index in [1.54, 1.807) is 0 Å². The van der Waals surface area contributed by atoms with Crippen molar-refractivity contribution in [1.29, 1.82) is 0 Å². The van der Waals surface area contributed by atoms with Gasteiger partial charge < -0.3 is 33.8 Å². The number of hydrogen-bond acceptors (Lipinski definition) is 15. The van der Waals surface area contributed by atoms with Crippen LogP contribution in [0.5, 0.6) is 0 Å². The maximum atomic E-state index is 13.0. The largest absolute Gasteiger partial charge is 0.472 e. The van der Waals surface area contributed by atoms with Crippen LogP contribution in [0.1, 0.15) is 357 Å². The summed E-state index contributed by atoms with van der Waals surface area (Å²) in [4.78, 5) is 72.6. The number of ether oxygens (including phenoxy) is 4. The van der Waals surface area contributed by atoms with Crippen molar-refractivity contribution in [2.45, 2.75) is 375 Å². The topological polar surface area (TPSA) is 237 Å². The third-order valence-electron chi connectivity index (χ3n) is 16.6. The number of aliphatic hydroxyl groups is 1. The highest BCUT2D eigenvalue weighted by Crippen LogP contribution is 2.45. The smallest absolute Gasteiger partial charge is 0.462 e. The Bertz CT molecular complexity index is 1800. The summed E-state index contributed by atoms with van der Waals surface area (Å²) < 4.78 is 68.3. The van der Waals surface area contributed by atoms with E-state index in [-0.39, 0.29) is 25.7 Å². The molecule has 3 N–H and O–H groups in total. The van der Waals surface area contributed by atoms with Gasteiger partial charge in [0.2, 0.25) is 0 Å². The van der Waals surface area contributed by atoms with Crippen molar-refractivity contribution in [3.63, 3.8) is 0 Å². The molecule has 0 fully saturated rings. The van der Waals surface area contributed by atoms with E-state index in [0.29, 0.717) is 31.6 Å². The van der Waals surface area contributed by atoms with Gasteiger partial charge in [-0.1, -0.05) is 306 Å². The molecule has 0 aliphatic heterocycles. The van der Waals surface area contributed by atoms with E-state index in [1.165, 1.54) is 154 Å². The number of esters is 4. The van der Waals surface area contributed by atoms with Crippen LogP contribution in [0.2, 0.25) is 0 Å². The molecule has 0 aliphatic carbocycles. The number of hydrogen-bond donors (Lipinski definition) is 3. The number of carbonyl (C=O) groups is 4. The molecule has 17 nitrogen and oxygen atoms in total. The van der Waals surface area contributed by atoms with E-state index >= 15 is 0 Å². The molecule has 0 rings (SSSR count). The van der Waals surface area contributed by atoms with Gasteiger partial charge in [-0.15, -0.1) is 0 Å². The first-order valence-electron chi connectivity index (χ1n) is 37.2. The van der Waals surface area contributed by atoms with E-state index < -0.39 is 97.5 Å². The lowest BCUT2D eigenvalue weighted by molar-refractivity contribution is -0.161. The molecule has 0 saturated carbocycles. The zero-order valence-electron chi connectivity index (χ0n) is 59.5. The van der Waals surface area contributed by atoms with Crippen LogP contribution >= 0.6 is 15.6 Å². The number of unbranched alkanes of at least 4 members (excludes halogenated alkanes) is 35. The Labute approximate surface area is 556 Å². The fourth-order valence-corrected chi connectivity index (χ4v) is 12.4. The second kappa shape index (κ2) is 61.6. The number of phosphoric ester groups is 2. The van der Waals surface area contributed by atoms with Crippen LogP contribution in [0, 0.1) is 23.7 Å². The quantitative estimate of drug-likeness (QED) is 0.0222. The Balaban J connectivity index is 5.22. The molecule has 0 bridgehead atoms. The lowest BCUT2D eigenvalue weighted by atomic mass is 10.0. The van der Waals surface area contributed by atoms with E-state index in [1.807, 2.05) is 0 Å². The third-order valence-corrected chi connectivity index (χ3v) is 18.5. The predicted molar refractivity (Wildman–Crippen MR) is 367 cm³/mol. The summed E-state index contributed by atoms with van der Waals surface area (Å²) >= 11 is 0. The molecule has 0 aromatic heterocycles. The highest BCUT2D eigenvalue weighted by Gasteiger charge is 2.30. The number of phosphoric acid groups is 2. The van der Waals surface area contributed by atoms with Gasteiger partial charge in [-0.05, 0) is 49.4 Å². The minimum absolute atomic E-state index is 0.104. The van der Waals surface area contributed by atoms with Crippen LogP contribution in [-0.2, 0) is 65.4 Å². The molecule has 2 unspecified atom stereocenters. The summed E-state index contributed by atoms with van der Waals surface area (Å²) in [7, 11) is -9.91. The van der Waals surface area contributed by atoms with Crippen molar-refractivity contribution in [3.05, 3.63) is 0 Å². The highest BCUT2D eigenvalue weighted by atomic mass is 31.2. The lowest BCUT2D eigenvalue weighted by Gasteiger charge is -2.21. The molecule has 5 atom stereocenters. The Kier molecular flexibility index (Phi) is 60.3. The summed E-state index contributed by atoms with van der Waals surface area (Å²) in [5.74, 6) is 0.841. The Morgan fingerprint density at radius 1 is 0.275 bits per heavy atom. The highest BCUT2D eigenvalue weighted by molar-refractivity contribution is 7.47. The van der Waals surface area contributed by atoms with Crippen LogP contribution < -0.4 is 0 Å². The number of aliphatic hydroxyl groups excluding tert-OH is 1. The Hall–Kier alpha value is -1.94. The van der Waals surface area contributed by atoms with Crippen LogP contribution in [0.15, 0.2) is 0 Å². The predicted octanol–water partition coefficient (Wildman–Crippen LogP) is 20.5. The lowest BCUT2D eigenvalue weighted by Crippen LogP contribution is -2.30. The van der Waals surface area contributed by atoms with E-state index in [4.69, 9.17) is 37.0 Å². The maximum Gasteiger partial charge on any atom is 0.472 e. The molecule has 91 heavy (non-hydrogen) atoms. The molecular weight excluding hydrogens is 1200 g/mol. The molecule has 19 heteroatoms. The second-order valence-corrected chi connectivity index (χ2v) is 30.8. The van der Waals surface area contributed by atoms with Gasteiger partial charge in [-0.2, -0.15) is 0 Å². The van der Waals surface area contributed by atoms with Crippen molar-refractivity contribution in [1.82, 2.24) is 0 Å². The van der Waals surface area contributed by atoms with E-state index in [0.717, 1.165) is 114 Å². The second-order valence-electron chi connectivity index (χ2n) is 27.9. The molecule has 0 aromatic carbocycles. The molecule has 0 spiro atoms. The zero-order valence-corrected chi connectivity index (χ0v) is 61.3. The Morgan fingerprint density at radius 3 is 0.681 bits per heavy atom. The molecular formula is C72H140O17P2. The van der Waals surface area contributed by atoms with Gasteiger partial charge in [0.05, 0.1) is 26.4 Å². The van der Waals surface area contributed by atoms with Crippen LogP contribution in [0.4, 0.5) is 0 Å². The van der Waals surface area contributed by atoms with Gasteiger partial charge in [0.15, 0.2) is 12.2 Å². The van der Waals surface area contributed by atoms with Crippen molar-refractivity contribution >= 4 is 39.5 Å². The molecule has 0 saturated heterocycles. The molecule has 0 radical (unpaired) electrons. The Morgan fingerprint density at radius 2 is 0.462 bits per heavy atom. The fourth-order valence-electron chi connectivity index (χ4n) is 10.8.